The van der Waals surface area contributed by atoms with Crippen LogP contribution in [0.4, 0.5) is 25.3 Å². The summed E-state index contributed by atoms with van der Waals surface area (Å²) in [7, 11) is 0. The highest BCUT2D eigenvalue weighted by molar-refractivity contribution is 5.99. The van der Waals surface area contributed by atoms with E-state index in [4.69, 9.17) is 15.5 Å². The van der Waals surface area contributed by atoms with Crippen molar-refractivity contribution in [1.82, 2.24) is 24.6 Å². The van der Waals surface area contributed by atoms with Gasteiger partial charge in [0.2, 0.25) is 5.95 Å². The third-order valence-electron chi connectivity index (χ3n) is 5.80. The molecule has 35 heavy (non-hydrogen) atoms. The largest absolute Gasteiger partial charge is 0.450 e. The van der Waals surface area contributed by atoms with E-state index in [1.54, 1.807) is 36.1 Å². The number of nitrogens with two attached hydrogens (primary N) is 1. The lowest BCUT2D eigenvalue weighted by molar-refractivity contribution is 0.105. The number of halogens is 2. The molecule has 0 atom stereocenters. The van der Waals surface area contributed by atoms with E-state index in [-0.39, 0.29) is 11.9 Å². The molecule has 0 radical (unpaired) electrons. The Hall–Kier alpha value is -4.28. The smallest absolute Gasteiger partial charge is 0.409 e. The lowest BCUT2D eigenvalue weighted by Crippen LogP contribution is -2.49. The second kappa shape index (κ2) is 9.16. The van der Waals surface area contributed by atoms with Gasteiger partial charge in [-0.25, -0.2) is 23.2 Å². The average Bonchev–Trinajstić information content (AvgIpc) is 3.20. The third kappa shape index (κ3) is 4.32. The van der Waals surface area contributed by atoms with Crippen molar-refractivity contribution in [2.45, 2.75) is 6.92 Å². The quantitative estimate of drug-likeness (QED) is 0.477. The van der Waals surface area contributed by atoms with Crippen molar-refractivity contribution in [3.05, 3.63) is 60.2 Å². The normalized spacial score (nSPS) is 13.9. The van der Waals surface area contributed by atoms with Gasteiger partial charge in [0.05, 0.1) is 23.4 Å². The maximum atomic E-state index is 14.1. The van der Waals surface area contributed by atoms with Crippen LogP contribution in [-0.2, 0) is 4.74 Å². The van der Waals surface area contributed by atoms with E-state index in [0.717, 1.165) is 0 Å². The van der Waals surface area contributed by atoms with Gasteiger partial charge in [-0.15, -0.1) is 5.10 Å². The van der Waals surface area contributed by atoms with Crippen molar-refractivity contribution in [2.75, 3.05) is 43.4 Å². The van der Waals surface area contributed by atoms with Crippen LogP contribution in [0.3, 0.4) is 0 Å². The van der Waals surface area contributed by atoms with Crippen molar-refractivity contribution < 1.29 is 18.3 Å². The highest BCUT2D eigenvalue weighted by Gasteiger charge is 2.26. The zero-order chi connectivity index (χ0) is 24.5. The minimum absolute atomic E-state index is 0.212. The molecule has 9 nitrogen and oxygen atoms in total. The first-order chi connectivity index (χ1) is 16.9. The number of fused-ring (bicyclic) bond motifs is 1. The molecule has 0 aliphatic carbocycles. The number of carbonyl (C=O) groups excluding carboxylic acids is 1. The van der Waals surface area contributed by atoms with Crippen molar-refractivity contribution in [3.63, 3.8) is 0 Å². The molecular formula is C24H23F2N7O2. The molecule has 5 rings (SSSR count). The Morgan fingerprint density at radius 2 is 1.74 bits per heavy atom. The van der Waals surface area contributed by atoms with Crippen LogP contribution in [-0.4, -0.2) is 63.5 Å². The molecule has 1 fully saturated rings. The summed E-state index contributed by atoms with van der Waals surface area (Å²) in [6.07, 6.45) is -0.356. The highest BCUT2D eigenvalue weighted by atomic mass is 19.1. The van der Waals surface area contributed by atoms with Gasteiger partial charge in [-0.3, -0.25) is 0 Å². The number of rotatable bonds is 4. The number of nitrogen functional groups attached to an aromatic ring is 1. The molecule has 2 aromatic heterocycles. The van der Waals surface area contributed by atoms with Gasteiger partial charge in [-0.1, -0.05) is 18.2 Å². The monoisotopic (exact) mass is 479 g/mol. The Bertz CT molecular complexity index is 1400. The van der Waals surface area contributed by atoms with E-state index in [0.29, 0.717) is 66.7 Å². The number of nitrogens with zero attached hydrogens (tertiary/aromatic N) is 6. The number of piperazine rings is 1. The second-order valence-corrected chi connectivity index (χ2v) is 8.03. The molecule has 2 aromatic carbocycles. The van der Waals surface area contributed by atoms with Gasteiger partial charge in [0.15, 0.2) is 5.65 Å². The SMILES string of the molecule is CCOC(=O)N1CCN(c2nc(-c3cccc(F)c3)c3c(N)n(-c4cccc(F)c4)nc3n2)CC1. The summed E-state index contributed by atoms with van der Waals surface area (Å²) in [5.74, 6) is -0.263. The molecule has 11 heteroatoms. The van der Waals surface area contributed by atoms with Gasteiger partial charge in [0.25, 0.3) is 0 Å². The Kier molecular flexibility index (Phi) is 5.89. The minimum atomic E-state index is -0.432. The zero-order valence-corrected chi connectivity index (χ0v) is 19.0. The van der Waals surface area contributed by atoms with E-state index in [9.17, 15) is 13.6 Å². The van der Waals surface area contributed by atoms with E-state index in [1.165, 1.54) is 28.9 Å². The van der Waals surface area contributed by atoms with E-state index in [1.807, 2.05) is 4.90 Å². The average molecular weight is 479 g/mol. The molecule has 4 aromatic rings. The number of ether oxygens (including phenoxy) is 1. The summed E-state index contributed by atoms with van der Waals surface area (Å²) in [6.45, 7) is 3.91. The zero-order valence-electron chi connectivity index (χ0n) is 19.0. The predicted octanol–water partition coefficient (Wildman–Crippen LogP) is 3.62. The number of amides is 1. The lowest BCUT2D eigenvalue weighted by Gasteiger charge is -2.34. The molecule has 1 aliphatic rings. The van der Waals surface area contributed by atoms with Crippen molar-refractivity contribution in [2.24, 2.45) is 0 Å². The van der Waals surface area contributed by atoms with Gasteiger partial charge in [0, 0.05) is 31.7 Å². The molecule has 0 unspecified atom stereocenters. The summed E-state index contributed by atoms with van der Waals surface area (Å²) in [5.41, 5.74) is 8.08. The summed E-state index contributed by atoms with van der Waals surface area (Å²) >= 11 is 0. The predicted molar refractivity (Wildman–Crippen MR) is 127 cm³/mol. The highest BCUT2D eigenvalue weighted by Crippen LogP contribution is 2.34. The fraction of sp³-hybridized carbons (Fsp3) is 0.250. The van der Waals surface area contributed by atoms with E-state index < -0.39 is 11.6 Å². The molecule has 0 spiro atoms. The fourth-order valence-electron chi connectivity index (χ4n) is 4.09. The number of aromatic nitrogens is 4. The molecule has 1 amide bonds. The topological polar surface area (TPSA) is 102 Å². The first-order valence-electron chi connectivity index (χ1n) is 11.2. The Labute approximate surface area is 199 Å². The molecule has 0 bridgehead atoms. The summed E-state index contributed by atoms with van der Waals surface area (Å²) in [4.78, 5) is 25.0. The maximum absolute atomic E-state index is 14.1. The number of hydrogen-bond donors (Lipinski definition) is 1. The Morgan fingerprint density at radius 3 is 2.43 bits per heavy atom. The standard InChI is InChI=1S/C24H23F2N7O2/c1-2-35-24(34)32-11-9-31(10-12-32)23-28-20(15-5-3-6-16(25)13-15)19-21(27)33(30-22(19)29-23)18-8-4-7-17(26)14-18/h3-8,13-14H,2,9-12,27H2,1H3. The van der Waals surface area contributed by atoms with Crippen LogP contribution >= 0.6 is 0 Å². The van der Waals surface area contributed by atoms with Crippen LogP contribution < -0.4 is 10.6 Å². The number of carbonyl (C=O) groups is 1. The molecular weight excluding hydrogens is 456 g/mol. The number of anilines is 2. The lowest BCUT2D eigenvalue weighted by atomic mass is 10.1. The summed E-state index contributed by atoms with van der Waals surface area (Å²) in [6, 6.07) is 11.9. The molecule has 1 aliphatic heterocycles. The second-order valence-electron chi connectivity index (χ2n) is 8.03. The maximum Gasteiger partial charge on any atom is 0.409 e. The molecule has 2 N–H and O–H groups in total. The minimum Gasteiger partial charge on any atom is -0.450 e. The molecule has 3 heterocycles. The summed E-state index contributed by atoms with van der Waals surface area (Å²) in [5, 5.41) is 4.96. The Balaban J connectivity index is 1.59. The molecule has 0 saturated carbocycles. The van der Waals surface area contributed by atoms with Crippen molar-refractivity contribution in [3.8, 4) is 16.9 Å². The van der Waals surface area contributed by atoms with Crippen molar-refractivity contribution in [1.29, 1.82) is 0 Å². The van der Waals surface area contributed by atoms with Gasteiger partial charge >= 0.3 is 6.09 Å². The first-order valence-corrected chi connectivity index (χ1v) is 11.2. The third-order valence-corrected chi connectivity index (χ3v) is 5.80. The van der Waals surface area contributed by atoms with Gasteiger partial charge in [-0.05, 0) is 37.3 Å². The van der Waals surface area contributed by atoms with Crippen molar-refractivity contribution >= 4 is 28.9 Å². The first kappa shape index (κ1) is 22.5. The number of hydrogen-bond acceptors (Lipinski definition) is 7. The van der Waals surface area contributed by atoms with Gasteiger partial charge in [0.1, 0.15) is 17.5 Å². The van der Waals surface area contributed by atoms with Gasteiger partial charge < -0.3 is 20.3 Å². The molecule has 180 valence electrons. The van der Waals surface area contributed by atoms with Crippen LogP contribution in [0.15, 0.2) is 48.5 Å². The van der Waals surface area contributed by atoms with Crippen LogP contribution in [0, 0.1) is 11.6 Å². The van der Waals surface area contributed by atoms with E-state index >= 15 is 0 Å². The molecule has 1 saturated heterocycles. The van der Waals surface area contributed by atoms with Crippen LogP contribution in [0.25, 0.3) is 28.0 Å². The summed E-state index contributed by atoms with van der Waals surface area (Å²) < 4.78 is 34.5. The van der Waals surface area contributed by atoms with Crippen LogP contribution in [0.1, 0.15) is 6.92 Å². The van der Waals surface area contributed by atoms with Gasteiger partial charge in [-0.2, -0.15) is 4.98 Å². The van der Waals surface area contributed by atoms with Crippen LogP contribution in [0.2, 0.25) is 0 Å². The fourth-order valence-corrected chi connectivity index (χ4v) is 4.09. The Morgan fingerprint density at radius 1 is 1.03 bits per heavy atom. The van der Waals surface area contributed by atoms with E-state index in [2.05, 4.69) is 10.1 Å². The number of benzene rings is 2. The van der Waals surface area contributed by atoms with Crippen LogP contribution in [0.5, 0.6) is 0 Å².